The fourth-order valence-electron chi connectivity index (χ4n) is 2.13. The molecule has 6 N–H and O–H groups in total. The summed E-state index contributed by atoms with van der Waals surface area (Å²) in [4.78, 5) is 22.1. The van der Waals surface area contributed by atoms with Crippen LogP contribution in [-0.2, 0) is 14.3 Å². The number of carboxylic acids is 1. The number of hydrogen-bond acceptors (Lipinski definition) is 7. The summed E-state index contributed by atoms with van der Waals surface area (Å²) in [6, 6.07) is -0.992. The van der Waals surface area contributed by atoms with Crippen molar-refractivity contribution in [1.82, 2.24) is 5.32 Å². The van der Waals surface area contributed by atoms with Gasteiger partial charge in [0.05, 0.1) is 31.0 Å². The summed E-state index contributed by atoms with van der Waals surface area (Å²) in [7, 11) is 0. The van der Waals surface area contributed by atoms with Crippen LogP contribution < -0.4 is 5.32 Å². The van der Waals surface area contributed by atoms with E-state index in [2.05, 4.69) is 5.32 Å². The molecule has 1 heterocycles. The molecule has 9 heteroatoms. The summed E-state index contributed by atoms with van der Waals surface area (Å²) in [5.41, 5.74) is 0. The first-order valence-corrected chi connectivity index (χ1v) is 6.07. The second-order valence-electron chi connectivity index (χ2n) is 4.82. The van der Waals surface area contributed by atoms with E-state index in [0.717, 1.165) is 0 Å². The number of carboxylic acid groups (broad SMARTS) is 1. The lowest BCUT2D eigenvalue weighted by molar-refractivity contribution is -0.280. The van der Waals surface area contributed by atoms with E-state index >= 15 is 0 Å². The van der Waals surface area contributed by atoms with Gasteiger partial charge < -0.3 is 35.6 Å². The molecule has 0 bridgehead atoms. The quantitative estimate of drug-likeness (QED) is 0.316. The highest BCUT2D eigenvalue weighted by Gasteiger charge is 2.51. The third kappa shape index (κ3) is 3.87. The SMILES string of the molecule is CC(=O)NC1C(O)CC(O)(C(=O)O)OC1CC(O)CO. The van der Waals surface area contributed by atoms with Gasteiger partial charge in [-0.05, 0) is 0 Å². The van der Waals surface area contributed by atoms with E-state index in [1.807, 2.05) is 0 Å². The Bertz CT molecular complexity index is 375. The van der Waals surface area contributed by atoms with Crippen molar-refractivity contribution in [3.63, 3.8) is 0 Å². The average Bonchev–Trinajstić information content (AvgIpc) is 2.33. The number of ether oxygens (including phenoxy) is 1. The number of nitrogens with one attached hydrogen (secondary N) is 1. The number of hydrogen-bond donors (Lipinski definition) is 6. The zero-order chi connectivity index (χ0) is 15.5. The standard InChI is InChI=1S/C11H19NO8/c1-5(14)12-9-7(16)3-11(19,10(17)18)20-8(9)2-6(15)4-13/h6-9,13,15-16,19H,2-4H2,1H3,(H,12,14)(H,17,18). The van der Waals surface area contributed by atoms with Crippen molar-refractivity contribution in [2.45, 2.75) is 49.9 Å². The highest BCUT2D eigenvalue weighted by Crippen LogP contribution is 2.30. The van der Waals surface area contributed by atoms with Crippen molar-refractivity contribution >= 4 is 11.9 Å². The second-order valence-corrected chi connectivity index (χ2v) is 4.82. The molecule has 1 aliphatic heterocycles. The Morgan fingerprint density at radius 1 is 1.50 bits per heavy atom. The summed E-state index contributed by atoms with van der Waals surface area (Å²) in [6.45, 7) is 0.596. The molecule has 0 saturated carbocycles. The minimum absolute atomic E-state index is 0.256. The number of aliphatic carboxylic acids is 1. The van der Waals surface area contributed by atoms with E-state index in [4.69, 9.17) is 14.9 Å². The maximum Gasteiger partial charge on any atom is 0.364 e. The van der Waals surface area contributed by atoms with Gasteiger partial charge in [-0.25, -0.2) is 4.79 Å². The van der Waals surface area contributed by atoms with Crippen LogP contribution in [0.25, 0.3) is 0 Å². The maximum absolute atomic E-state index is 11.1. The summed E-state index contributed by atoms with van der Waals surface area (Å²) in [5.74, 6) is -4.77. The van der Waals surface area contributed by atoms with Gasteiger partial charge in [0.25, 0.3) is 5.79 Å². The molecular weight excluding hydrogens is 274 g/mol. The zero-order valence-corrected chi connectivity index (χ0v) is 10.9. The molecule has 1 amide bonds. The van der Waals surface area contributed by atoms with Gasteiger partial charge in [0.1, 0.15) is 0 Å². The number of carbonyl (C=O) groups is 2. The first-order valence-electron chi connectivity index (χ1n) is 6.07. The lowest BCUT2D eigenvalue weighted by Crippen LogP contribution is -2.63. The van der Waals surface area contributed by atoms with Crippen LogP contribution in [0, 0.1) is 0 Å². The average molecular weight is 293 g/mol. The van der Waals surface area contributed by atoms with Crippen molar-refractivity contribution in [2.24, 2.45) is 0 Å². The highest BCUT2D eigenvalue weighted by molar-refractivity contribution is 5.76. The molecule has 0 aliphatic carbocycles. The van der Waals surface area contributed by atoms with E-state index < -0.39 is 55.0 Å². The minimum atomic E-state index is -2.60. The van der Waals surface area contributed by atoms with E-state index in [0.29, 0.717) is 0 Å². The third-order valence-corrected chi connectivity index (χ3v) is 3.07. The molecule has 5 unspecified atom stereocenters. The predicted octanol–water partition coefficient (Wildman–Crippen LogP) is -2.84. The Kier molecular flexibility index (Phi) is 5.42. The van der Waals surface area contributed by atoms with Gasteiger partial charge in [0.15, 0.2) is 0 Å². The lowest BCUT2D eigenvalue weighted by atomic mass is 9.90. The monoisotopic (exact) mass is 293 g/mol. The van der Waals surface area contributed by atoms with Crippen LogP contribution in [0.5, 0.6) is 0 Å². The van der Waals surface area contributed by atoms with Crippen LogP contribution in [0.4, 0.5) is 0 Å². The van der Waals surface area contributed by atoms with Gasteiger partial charge in [-0.1, -0.05) is 0 Å². The van der Waals surface area contributed by atoms with E-state index in [9.17, 15) is 24.9 Å². The maximum atomic E-state index is 11.1. The Morgan fingerprint density at radius 3 is 2.55 bits per heavy atom. The molecular formula is C11H19NO8. The van der Waals surface area contributed by atoms with Crippen LogP contribution in [0.1, 0.15) is 19.8 Å². The number of rotatable bonds is 5. The Morgan fingerprint density at radius 2 is 2.10 bits per heavy atom. The minimum Gasteiger partial charge on any atom is -0.477 e. The Hall–Kier alpha value is -1.26. The van der Waals surface area contributed by atoms with Gasteiger partial charge in [-0.2, -0.15) is 0 Å². The molecule has 20 heavy (non-hydrogen) atoms. The molecule has 0 aromatic rings. The molecule has 1 saturated heterocycles. The van der Waals surface area contributed by atoms with Crippen molar-refractivity contribution in [2.75, 3.05) is 6.61 Å². The number of carbonyl (C=O) groups excluding carboxylic acids is 1. The Balaban J connectivity index is 2.93. The third-order valence-electron chi connectivity index (χ3n) is 3.07. The van der Waals surface area contributed by atoms with Crippen LogP contribution in [0.15, 0.2) is 0 Å². The molecule has 1 fully saturated rings. The normalized spacial score (nSPS) is 35.4. The molecule has 0 spiro atoms. The molecule has 9 nitrogen and oxygen atoms in total. The highest BCUT2D eigenvalue weighted by atomic mass is 16.7. The van der Waals surface area contributed by atoms with Gasteiger partial charge in [0.2, 0.25) is 5.91 Å². The molecule has 0 aromatic heterocycles. The zero-order valence-electron chi connectivity index (χ0n) is 10.9. The topological polar surface area (TPSA) is 157 Å². The second kappa shape index (κ2) is 6.46. The predicted molar refractivity (Wildman–Crippen MR) is 63.4 cm³/mol. The first-order chi connectivity index (χ1) is 9.19. The fraction of sp³-hybridized carbons (Fsp3) is 0.818. The summed E-state index contributed by atoms with van der Waals surface area (Å²) in [5, 5.41) is 49.2. The summed E-state index contributed by atoms with van der Waals surface area (Å²) < 4.78 is 5.00. The van der Waals surface area contributed by atoms with Crippen LogP contribution in [0.3, 0.4) is 0 Å². The molecule has 116 valence electrons. The van der Waals surface area contributed by atoms with E-state index in [1.54, 1.807) is 0 Å². The number of aliphatic hydroxyl groups is 4. The van der Waals surface area contributed by atoms with E-state index in [1.165, 1.54) is 6.92 Å². The van der Waals surface area contributed by atoms with Gasteiger partial charge >= 0.3 is 5.97 Å². The van der Waals surface area contributed by atoms with Gasteiger partial charge in [-0.15, -0.1) is 0 Å². The van der Waals surface area contributed by atoms with Gasteiger partial charge in [-0.3, -0.25) is 4.79 Å². The van der Waals surface area contributed by atoms with Crippen LogP contribution in [-0.4, -0.2) is 74.2 Å². The van der Waals surface area contributed by atoms with Crippen molar-refractivity contribution in [3.8, 4) is 0 Å². The van der Waals surface area contributed by atoms with Crippen molar-refractivity contribution in [3.05, 3.63) is 0 Å². The lowest BCUT2D eigenvalue weighted by Gasteiger charge is -2.42. The number of aliphatic hydroxyl groups excluding tert-OH is 3. The fourth-order valence-corrected chi connectivity index (χ4v) is 2.13. The molecule has 1 aliphatic rings. The molecule has 5 atom stereocenters. The smallest absolute Gasteiger partial charge is 0.364 e. The van der Waals surface area contributed by atoms with Crippen molar-refractivity contribution in [1.29, 1.82) is 0 Å². The molecule has 0 aromatic carbocycles. The first kappa shape index (κ1) is 16.8. The van der Waals surface area contributed by atoms with Crippen molar-refractivity contribution < 1.29 is 39.9 Å². The molecule has 0 radical (unpaired) electrons. The number of amides is 1. The van der Waals surface area contributed by atoms with Crippen LogP contribution in [0.2, 0.25) is 0 Å². The summed E-state index contributed by atoms with van der Waals surface area (Å²) in [6.07, 6.45) is -4.65. The summed E-state index contributed by atoms with van der Waals surface area (Å²) >= 11 is 0. The van der Waals surface area contributed by atoms with E-state index in [-0.39, 0.29) is 6.42 Å². The largest absolute Gasteiger partial charge is 0.477 e. The Labute approximate surface area is 114 Å². The van der Waals surface area contributed by atoms with Crippen LogP contribution >= 0.6 is 0 Å². The molecule has 1 rings (SSSR count). The van der Waals surface area contributed by atoms with Gasteiger partial charge in [0, 0.05) is 19.8 Å².